The van der Waals surface area contributed by atoms with Gasteiger partial charge in [-0.3, -0.25) is 9.59 Å². The minimum absolute atomic E-state index is 0.154. The van der Waals surface area contributed by atoms with Crippen LogP contribution in [0.25, 0.3) is 0 Å². The first kappa shape index (κ1) is 21.3. The molecule has 0 aliphatic rings. The topological polar surface area (TPSA) is 76.7 Å². The number of carbonyl (C=O) groups is 2. The largest absolute Gasteiger partial charge is 0.493 e. The van der Waals surface area contributed by atoms with E-state index in [1.807, 2.05) is 24.3 Å². The Balaban J connectivity index is 2.14. The summed E-state index contributed by atoms with van der Waals surface area (Å²) in [6.07, 6.45) is 5.91. The highest BCUT2D eigenvalue weighted by Crippen LogP contribution is 2.19. The van der Waals surface area contributed by atoms with E-state index in [1.165, 1.54) is 12.2 Å². The zero-order valence-electron chi connectivity index (χ0n) is 15.2. The Kier molecular flexibility index (Phi) is 11.1. The molecular formula is C20H28N2O4. The van der Waals surface area contributed by atoms with Crippen LogP contribution in [-0.2, 0) is 9.59 Å². The molecule has 0 heterocycles. The maximum atomic E-state index is 11.0. The van der Waals surface area contributed by atoms with Crippen LogP contribution in [0.3, 0.4) is 0 Å². The molecule has 0 aliphatic carbocycles. The summed E-state index contributed by atoms with van der Waals surface area (Å²) < 4.78 is 11.4. The predicted octanol–water partition coefficient (Wildman–Crippen LogP) is 2.61. The Morgan fingerprint density at radius 1 is 0.846 bits per heavy atom. The number of hydrogen-bond donors (Lipinski definition) is 2. The van der Waals surface area contributed by atoms with Gasteiger partial charge in [-0.2, -0.15) is 0 Å². The van der Waals surface area contributed by atoms with Crippen LogP contribution in [-0.4, -0.2) is 38.1 Å². The van der Waals surface area contributed by atoms with Gasteiger partial charge in [0, 0.05) is 19.2 Å². The predicted molar refractivity (Wildman–Crippen MR) is 102 cm³/mol. The van der Waals surface area contributed by atoms with Gasteiger partial charge in [-0.15, -0.1) is 0 Å². The normalized spacial score (nSPS) is 9.85. The fraction of sp³-hybridized carbons (Fsp3) is 0.400. The molecule has 1 rings (SSSR count). The zero-order chi connectivity index (χ0) is 19.0. The van der Waals surface area contributed by atoms with E-state index >= 15 is 0 Å². The highest BCUT2D eigenvalue weighted by atomic mass is 16.5. The van der Waals surface area contributed by atoms with Gasteiger partial charge in [0.1, 0.15) is 11.5 Å². The molecule has 1 aromatic rings. The Labute approximate surface area is 155 Å². The Bertz CT molecular complexity index is 540. The highest BCUT2D eigenvalue weighted by molar-refractivity contribution is 5.87. The molecule has 0 fully saturated rings. The number of nitrogens with one attached hydrogen (secondary N) is 2. The second-order valence-corrected chi connectivity index (χ2v) is 5.58. The van der Waals surface area contributed by atoms with Crippen molar-refractivity contribution in [3.8, 4) is 11.5 Å². The lowest BCUT2D eigenvalue weighted by Crippen LogP contribution is -2.22. The molecule has 0 unspecified atom stereocenters. The molecule has 6 nitrogen and oxygen atoms in total. The van der Waals surface area contributed by atoms with Gasteiger partial charge in [-0.05, 0) is 50.0 Å². The standard InChI is InChI=1S/C20H28N2O4/c1-3-19(23)21-12-5-7-14-25-17-10-9-11-18(16-17)26-15-8-6-13-22-20(24)4-2/h3-4,9-11,16H,1-2,5-8,12-15H2,(H,21,23)(H,22,24). The minimum Gasteiger partial charge on any atom is -0.493 e. The van der Waals surface area contributed by atoms with Crippen molar-refractivity contribution in [2.75, 3.05) is 26.3 Å². The summed E-state index contributed by atoms with van der Waals surface area (Å²) in [5.41, 5.74) is 0. The summed E-state index contributed by atoms with van der Waals surface area (Å²) in [5.74, 6) is 1.21. The molecule has 2 amide bonds. The van der Waals surface area contributed by atoms with Crippen molar-refractivity contribution in [3.63, 3.8) is 0 Å². The van der Waals surface area contributed by atoms with Gasteiger partial charge in [-0.1, -0.05) is 19.2 Å². The number of rotatable bonds is 14. The average Bonchev–Trinajstić information content (AvgIpc) is 2.67. The van der Waals surface area contributed by atoms with E-state index in [1.54, 1.807) is 0 Å². The maximum absolute atomic E-state index is 11.0. The molecule has 0 saturated carbocycles. The Hall–Kier alpha value is -2.76. The number of unbranched alkanes of at least 4 members (excludes halogenated alkanes) is 2. The van der Waals surface area contributed by atoms with E-state index in [4.69, 9.17) is 9.47 Å². The lowest BCUT2D eigenvalue weighted by Gasteiger charge is -2.10. The highest BCUT2D eigenvalue weighted by Gasteiger charge is 2.00. The summed E-state index contributed by atoms with van der Waals surface area (Å²) in [7, 11) is 0. The molecule has 0 aromatic heterocycles. The quantitative estimate of drug-likeness (QED) is 0.395. The third-order valence-corrected chi connectivity index (χ3v) is 3.45. The first-order valence-electron chi connectivity index (χ1n) is 8.82. The van der Waals surface area contributed by atoms with E-state index in [0.29, 0.717) is 26.3 Å². The van der Waals surface area contributed by atoms with E-state index in [9.17, 15) is 9.59 Å². The summed E-state index contributed by atoms with van der Waals surface area (Å²) in [6.45, 7) is 9.19. The van der Waals surface area contributed by atoms with Gasteiger partial charge >= 0.3 is 0 Å². The molecule has 0 saturated heterocycles. The summed E-state index contributed by atoms with van der Waals surface area (Å²) in [6, 6.07) is 7.52. The molecule has 142 valence electrons. The van der Waals surface area contributed by atoms with Crippen LogP contribution in [0.5, 0.6) is 11.5 Å². The zero-order valence-corrected chi connectivity index (χ0v) is 15.2. The molecule has 6 heteroatoms. The van der Waals surface area contributed by atoms with Crippen LogP contribution >= 0.6 is 0 Å². The van der Waals surface area contributed by atoms with Gasteiger partial charge in [0.05, 0.1) is 13.2 Å². The molecule has 1 aromatic carbocycles. The van der Waals surface area contributed by atoms with Gasteiger partial charge in [-0.25, -0.2) is 0 Å². The second-order valence-electron chi connectivity index (χ2n) is 5.58. The smallest absolute Gasteiger partial charge is 0.243 e. The van der Waals surface area contributed by atoms with Crippen molar-refractivity contribution in [3.05, 3.63) is 49.6 Å². The fourth-order valence-electron chi connectivity index (χ4n) is 2.06. The van der Waals surface area contributed by atoms with E-state index in [0.717, 1.165) is 37.2 Å². The molecule has 0 atom stereocenters. The molecule has 0 bridgehead atoms. The van der Waals surface area contributed by atoms with Crippen molar-refractivity contribution in [1.29, 1.82) is 0 Å². The second kappa shape index (κ2) is 13.5. The van der Waals surface area contributed by atoms with Crippen LogP contribution in [0, 0.1) is 0 Å². The molecule has 0 aliphatic heterocycles. The summed E-state index contributed by atoms with van der Waals surface area (Å²) in [4.78, 5) is 22.0. The number of carbonyl (C=O) groups excluding carboxylic acids is 2. The molecule has 0 spiro atoms. The van der Waals surface area contributed by atoms with Crippen LogP contribution in [0.1, 0.15) is 25.7 Å². The van der Waals surface area contributed by atoms with Crippen molar-refractivity contribution in [1.82, 2.24) is 10.6 Å². The van der Waals surface area contributed by atoms with Gasteiger partial charge < -0.3 is 20.1 Å². The van der Waals surface area contributed by atoms with Crippen LogP contribution in [0.15, 0.2) is 49.6 Å². The Morgan fingerprint density at radius 3 is 1.73 bits per heavy atom. The monoisotopic (exact) mass is 360 g/mol. The lowest BCUT2D eigenvalue weighted by molar-refractivity contribution is -0.117. The van der Waals surface area contributed by atoms with Crippen molar-refractivity contribution < 1.29 is 19.1 Å². The fourth-order valence-corrected chi connectivity index (χ4v) is 2.06. The van der Waals surface area contributed by atoms with Crippen LogP contribution in [0.2, 0.25) is 0 Å². The van der Waals surface area contributed by atoms with Crippen LogP contribution < -0.4 is 20.1 Å². The Morgan fingerprint density at radius 2 is 1.31 bits per heavy atom. The average molecular weight is 360 g/mol. The van der Waals surface area contributed by atoms with Crippen molar-refractivity contribution in [2.24, 2.45) is 0 Å². The molecule has 2 N–H and O–H groups in total. The van der Waals surface area contributed by atoms with Crippen LogP contribution in [0.4, 0.5) is 0 Å². The van der Waals surface area contributed by atoms with Gasteiger partial charge in [0.2, 0.25) is 11.8 Å². The van der Waals surface area contributed by atoms with Crippen molar-refractivity contribution >= 4 is 11.8 Å². The van der Waals surface area contributed by atoms with E-state index < -0.39 is 0 Å². The molecule has 0 radical (unpaired) electrons. The SMILES string of the molecule is C=CC(=O)NCCCCOc1cccc(OCCCCNC(=O)C=C)c1. The maximum Gasteiger partial charge on any atom is 0.243 e. The van der Waals surface area contributed by atoms with Crippen molar-refractivity contribution in [2.45, 2.75) is 25.7 Å². The third-order valence-electron chi connectivity index (χ3n) is 3.45. The number of hydrogen-bond acceptors (Lipinski definition) is 4. The number of benzene rings is 1. The summed E-state index contributed by atoms with van der Waals surface area (Å²) in [5, 5.41) is 5.45. The lowest BCUT2D eigenvalue weighted by atomic mass is 10.3. The molecule has 26 heavy (non-hydrogen) atoms. The van der Waals surface area contributed by atoms with Gasteiger partial charge in [0.25, 0.3) is 0 Å². The first-order valence-corrected chi connectivity index (χ1v) is 8.82. The first-order chi connectivity index (χ1) is 12.7. The van der Waals surface area contributed by atoms with E-state index in [-0.39, 0.29) is 11.8 Å². The van der Waals surface area contributed by atoms with Gasteiger partial charge in [0.15, 0.2) is 0 Å². The molecular weight excluding hydrogens is 332 g/mol. The summed E-state index contributed by atoms with van der Waals surface area (Å²) >= 11 is 0. The number of amides is 2. The number of ether oxygens (including phenoxy) is 2. The minimum atomic E-state index is -0.154. The van der Waals surface area contributed by atoms with E-state index in [2.05, 4.69) is 23.8 Å². The third kappa shape index (κ3) is 10.2.